The van der Waals surface area contributed by atoms with Crippen molar-refractivity contribution in [2.45, 2.75) is 13.3 Å². The normalized spacial score (nSPS) is 10.2. The van der Waals surface area contributed by atoms with E-state index in [-0.39, 0.29) is 5.91 Å². The number of carbonyl (C=O) groups excluding carboxylic acids is 1. The van der Waals surface area contributed by atoms with Crippen LogP contribution in [0.3, 0.4) is 0 Å². The minimum absolute atomic E-state index is 0.278. The van der Waals surface area contributed by atoms with Crippen molar-refractivity contribution in [2.75, 3.05) is 13.6 Å². The first-order chi connectivity index (χ1) is 5.57. The summed E-state index contributed by atoms with van der Waals surface area (Å²) in [4.78, 5) is 22.5. The van der Waals surface area contributed by atoms with Gasteiger partial charge in [-0.2, -0.15) is 0 Å². The molecule has 1 N–H and O–H groups in total. The van der Waals surface area contributed by atoms with Gasteiger partial charge >= 0.3 is 5.97 Å². The minimum Gasteiger partial charge on any atom is -0.478 e. The molecule has 4 nitrogen and oxygen atoms in total. The first kappa shape index (κ1) is 10.7. The molecule has 0 heterocycles. The molecule has 0 aliphatic carbocycles. The first-order valence-electron chi connectivity index (χ1n) is 3.74. The zero-order valence-corrected chi connectivity index (χ0v) is 7.28. The lowest BCUT2D eigenvalue weighted by atomic mass is 10.4. The van der Waals surface area contributed by atoms with Gasteiger partial charge in [0.2, 0.25) is 5.91 Å². The second kappa shape index (κ2) is 5.35. The number of likely N-dealkylation sites (N-methyl/N-ethyl adjacent to an activating group) is 1. The van der Waals surface area contributed by atoms with Crippen LogP contribution in [-0.4, -0.2) is 35.5 Å². The molecule has 0 aromatic carbocycles. The van der Waals surface area contributed by atoms with Crippen LogP contribution in [0.1, 0.15) is 13.3 Å². The SMILES string of the molecule is CCCN(C)C(=O)/C=C/C(=O)O. The maximum absolute atomic E-state index is 11.0. The first-order valence-corrected chi connectivity index (χ1v) is 3.74. The molecule has 12 heavy (non-hydrogen) atoms. The number of aliphatic carboxylic acids is 1. The Bertz CT molecular complexity index is 198. The van der Waals surface area contributed by atoms with E-state index in [0.29, 0.717) is 6.54 Å². The van der Waals surface area contributed by atoms with E-state index in [1.165, 1.54) is 4.90 Å². The monoisotopic (exact) mass is 171 g/mol. The van der Waals surface area contributed by atoms with Crippen molar-refractivity contribution < 1.29 is 14.7 Å². The molecule has 4 heteroatoms. The summed E-state index contributed by atoms with van der Waals surface area (Å²) in [6.07, 6.45) is 2.76. The standard InChI is InChI=1S/C8H13NO3/c1-3-6-9(2)7(10)4-5-8(11)12/h4-5H,3,6H2,1-2H3,(H,11,12)/b5-4+. The number of rotatable bonds is 4. The third-order valence-corrected chi connectivity index (χ3v) is 1.30. The van der Waals surface area contributed by atoms with E-state index in [2.05, 4.69) is 0 Å². The predicted octanol–water partition coefficient (Wildman–Crippen LogP) is 0.496. The average Bonchev–Trinajstić information content (AvgIpc) is 2.00. The number of carboxylic acid groups (broad SMARTS) is 1. The van der Waals surface area contributed by atoms with Crippen molar-refractivity contribution >= 4 is 11.9 Å². The number of hydrogen-bond donors (Lipinski definition) is 1. The van der Waals surface area contributed by atoms with Crippen LogP contribution in [0, 0.1) is 0 Å². The molecule has 0 aromatic rings. The summed E-state index contributed by atoms with van der Waals surface area (Å²) in [5.74, 6) is -1.38. The fraction of sp³-hybridized carbons (Fsp3) is 0.500. The number of amides is 1. The molecule has 0 spiro atoms. The van der Waals surface area contributed by atoms with Gasteiger partial charge in [-0.1, -0.05) is 6.92 Å². The Hall–Kier alpha value is -1.32. The van der Waals surface area contributed by atoms with Gasteiger partial charge in [0.05, 0.1) is 0 Å². The van der Waals surface area contributed by atoms with E-state index in [9.17, 15) is 9.59 Å². The van der Waals surface area contributed by atoms with Crippen LogP contribution in [0.4, 0.5) is 0 Å². The molecule has 0 aromatic heterocycles. The van der Waals surface area contributed by atoms with Crippen LogP contribution in [0.2, 0.25) is 0 Å². The van der Waals surface area contributed by atoms with Crippen LogP contribution < -0.4 is 0 Å². The molecule has 68 valence electrons. The average molecular weight is 171 g/mol. The number of carboxylic acids is 1. The maximum Gasteiger partial charge on any atom is 0.328 e. The number of nitrogens with zero attached hydrogens (tertiary/aromatic N) is 1. The van der Waals surface area contributed by atoms with Crippen molar-refractivity contribution in [1.82, 2.24) is 4.90 Å². The van der Waals surface area contributed by atoms with Crippen LogP contribution in [-0.2, 0) is 9.59 Å². The number of carbonyl (C=O) groups is 2. The van der Waals surface area contributed by atoms with Gasteiger partial charge in [0.25, 0.3) is 0 Å². The molecule has 0 aliphatic heterocycles. The van der Waals surface area contributed by atoms with Gasteiger partial charge in [-0.05, 0) is 6.42 Å². The molecule has 0 fully saturated rings. The zero-order chi connectivity index (χ0) is 9.56. The fourth-order valence-electron chi connectivity index (χ4n) is 0.715. The molecule has 0 unspecified atom stereocenters. The molecule has 0 rings (SSSR count). The molecule has 1 amide bonds. The van der Waals surface area contributed by atoms with Crippen LogP contribution in [0.25, 0.3) is 0 Å². The smallest absolute Gasteiger partial charge is 0.328 e. The summed E-state index contributed by atoms with van der Waals surface area (Å²) in [5, 5.41) is 8.22. The summed E-state index contributed by atoms with van der Waals surface area (Å²) >= 11 is 0. The lowest BCUT2D eigenvalue weighted by molar-refractivity contribution is -0.132. The van der Waals surface area contributed by atoms with Crippen LogP contribution in [0.15, 0.2) is 12.2 Å². The largest absolute Gasteiger partial charge is 0.478 e. The molecule has 0 atom stereocenters. The Morgan fingerprint density at radius 1 is 1.42 bits per heavy atom. The third kappa shape index (κ3) is 4.49. The van der Waals surface area contributed by atoms with E-state index in [1.54, 1.807) is 7.05 Å². The Balaban J connectivity index is 3.94. The Labute approximate surface area is 71.5 Å². The van der Waals surface area contributed by atoms with Crippen molar-refractivity contribution in [3.8, 4) is 0 Å². The third-order valence-electron chi connectivity index (χ3n) is 1.30. The topological polar surface area (TPSA) is 57.6 Å². The van der Waals surface area contributed by atoms with Crippen molar-refractivity contribution in [3.63, 3.8) is 0 Å². The Morgan fingerprint density at radius 3 is 2.42 bits per heavy atom. The summed E-state index contributed by atoms with van der Waals surface area (Å²) in [6.45, 7) is 2.59. The van der Waals surface area contributed by atoms with Gasteiger partial charge in [0.15, 0.2) is 0 Å². The summed E-state index contributed by atoms with van der Waals surface area (Å²) < 4.78 is 0. The highest BCUT2D eigenvalue weighted by Crippen LogP contribution is 1.89. The Kier molecular flexibility index (Phi) is 4.76. The van der Waals surface area contributed by atoms with E-state index < -0.39 is 5.97 Å². The molecule has 0 saturated heterocycles. The van der Waals surface area contributed by atoms with Gasteiger partial charge in [-0.25, -0.2) is 4.79 Å². The lowest BCUT2D eigenvalue weighted by Crippen LogP contribution is -2.25. The second-order valence-electron chi connectivity index (χ2n) is 2.43. The van der Waals surface area contributed by atoms with E-state index >= 15 is 0 Å². The van der Waals surface area contributed by atoms with Crippen molar-refractivity contribution in [2.24, 2.45) is 0 Å². The van der Waals surface area contributed by atoms with Crippen LogP contribution in [0.5, 0.6) is 0 Å². The highest BCUT2D eigenvalue weighted by atomic mass is 16.4. The number of hydrogen-bond acceptors (Lipinski definition) is 2. The fourth-order valence-corrected chi connectivity index (χ4v) is 0.715. The van der Waals surface area contributed by atoms with Crippen LogP contribution >= 0.6 is 0 Å². The molecule has 0 radical (unpaired) electrons. The van der Waals surface area contributed by atoms with Crippen molar-refractivity contribution in [3.05, 3.63) is 12.2 Å². The van der Waals surface area contributed by atoms with E-state index in [1.807, 2.05) is 6.92 Å². The summed E-state index contributed by atoms with van der Waals surface area (Å²) in [6, 6.07) is 0. The lowest BCUT2D eigenvalue weighted by Gasteiger charge is -2.12. The van der Waals surface area contributed by atoms with Gasteiger partial charge in [0.1, 0.15) is 0 Å². The molecular weight excluding hydrogens is 158 g/mol. The highest BCUT2D eigenvalue weighted by molar-refractivity contribution is 5.93. The zero-order valence-electron chi connectivity index (χ0n) is 7.28. The second-order valence-corrected chi connectivity index (χ2v) is 2.43. The quantitative estimate of drug-likeness (QED) is 0.626. The minimum atomic E-state index is -1.10. The van der Waals surface area contributed by atoms with Gasteiger partial charge in [0, 0.05) is 25.7 Å². The Morgan fingerprint density at radius 2 is 2.00 bits per heavy atom. The predicted molar refractivity (Wildman–Crippen MR) is 44.7 cm³/mol. The summed E-state index contributed by atoms with van der Waals surface area (Å²) in [7, 11) is 1.64. The molecular formula is C8H13NO3. The van der Waals surface area contributed by atoms with Crippen molar-refractivity contribution in [1.29, 1.82) is 0 Å². The highest BCUT2D eigenvalue weighted by Gasteiger charge is 2.02. The van der Waals surface area contributed by atoms with Gasteiger partial charge in [-0.15, -0.1) is 0 Å². The molecule has 0 bridgehead atoms. The van der Waals surface area contributed by atoms with Gasteiger partial charge in [-0.3, -0.25) is 4.79 Å². The molecule has 0 saturated carbocycles. The van der Waals surface area contributed by atoms with Gasteiger partial charge < -0.3 is 10.0 Å². The maximum atomic E-state index is 11.0. The van der Waals surface area contributed by atoms with E-state index in [0.717, 1.165) is 18.6 Å². The van der Waals surface area contributed by atoms with E-state index in [4.69, 9.17) is 5.11 Å². The summed E-state index contributed by atoms with van der Waals surface area (Å²) in [5.41, 5.74) is 0. The molecule has 0 aliphatic rings.